The number of rotatable bonds is 5. The smallest absolute Gasteiger partial charge is 0.222 e. The summed E-state index contributed by atoms with van der Waals surface area (Å²) in [5.41, 5.74) is 1.03. The molecule has 0 bridgehead atoms. The SMILES string of the molecule is O=C(CCc1cccc(Oc2ccc(F)cc2)c1)N1CCC2(CC1)OCCO2. The number of hydrogen-bond acceptors (Lipinski definition) is 4. The molecule has 0 atom stereocenters. The van der Waals surface area contributed by atoms with E-state index in [1.807, 2.05) is 29.2 Å². The predicted octanol–water partition coefficient (Wildman–Crippen LogP) is 3.92. The van der Waals surface area contributed by atoms with Crippen molar-refractivity contribution in [2.45, 2.75) is 31.5 Å². The van der Waals surface area contributed by atoms with Gasteiger partial charge in [-0.3, -0.25) is 4.79 Å². The van der Waals surface area contributed by atoms with Gasteiger partial charge in [-0.25, -0.2) is 4.39 Å². The maximum absolute atomic E-state index is 13.0. The molecule has 2 heterocycles. The average Bonchev–Trinajstić information content (AvgIpc) is 3.17. The number of piperidine rings is 1. The lowest BCUT2D eigenvalue weighted by atomic mass is 10.0. The molecule has 2 aliphatic rings. The van der Waals surface area contributed by atoms with E-state index >= 15 is 0 Å². The average molecular weight is 385 g/mol. The number of carbonyl (C=O) groups is 1. The summed E-state index contributed by atoms with van der Waals surface area (Å²) in [5.74, 6) is 0.648. The lowest BCUT2D eigenvalue weighted by molar-refractivity contribution is -0.187. The van der Waals surface area contributed by atoms with Gasteiger partial charge in [0.25, 0.3) is 0 Å². The van der Waals surface area contributed by atoms with Crippen LogP contribution in [-0.2, 0) is 20.7 Å². The first-order valence-electron chi connectivity index (χ1n) is 9.70. The molecule has 2 aromatic carbocycles. The summed E-state index contributed by atoms with van der Waals surface area (Å²) in [6, 6.07) is 13.6. The summed E-state index contributed by atoms with van der Waals surface area (Å²) >= 11 is 0. The number of benzene rings is 2. The number of nitrogens with zero attached hydrogens (tertiary/aromatic N) is 1. The van der Waals surface area contributed by atoms with Gasteiger partial charge in [0.15, 0.2) is 5.79 Å². The second-order valence-electron chi connectivity index (χ2n) is 7.19. The van der Waals surface area contributed by atoms with E-state index in [-0.39, 0.29) is 11.7 Å². The molecule has 0 unspecified atom stereocenters. The number of aryl methyl sites for hydroxylation is 1. The topological polar surface area (TPSA) is 48.0 Å². The standard InChI is InChI=1S/C22H24FNO4/c23-18-5-7-19(8-6-18)28-20-3-1-2-17(16-20)4-9-21(25)24-12-10-22(11-13-24)26-14-15-27-22/h1-3,5-8,16H,4,9-15H2. The van der Waals surface area contributed by atoms with Gasteiger partial charge in [0.05, 0.1) is 13.2 Å². The minimum Gasteiger partial charge on any atom is -0.457 e. The van der Waals surface area contributed by atoms with Crippen LogP contribution in [0.2, 0.25) is 0 Å². The van der Waals surface area contributed by atoms with Gasteiger partial charge in [0, 0.05) is 32.4 Å². The summed E-state index contributed by atoms with van der Waals surface area (Å²) in [7, 11) is 0. The van der Waals surface area contributed by atoms with Gasteiger partial charge in [0.1, 0.15) is 17.3 Å². The van der Waals surface area contributed by atoms with Crippen molar-refractivity contribution in [3.05, 3.63) is 59.9 Å². The predicted molar refractivity (Wildman–Crippen MR) is 102 cm³/mol. The van der Waals surface area contributed by atoms with Crippen LogP contribution in [0.25, 0.3) is 0 Å². The summed E-state index contributed by atoms with van der Waals surface area (Å²) in [4.78, 5) is 14.5. The third-order valence-electron chi connectivity index (χ3n) is 5.27. The highest BCUT2D eigenvalue weighted by molar-refractivity contribution is 5.76. The van der Waals surface area contributed by atoms with Crippen LogP contribution >= 0.6 is 0 Å². The normalized spacial score (nSPS) is 18.4. The number of halogens is 1. The van der Waals surface area contributed by atoms with Crippen molar-refractivity contribution in [3.63, 3.8) is 0 Å². The molecule has 28 heavy (non-hydrogen) atoms. The third-order valence-corrected chi connectivity index (χ3v) is 5.27. The molecular formula is C22H24FNO4. The Labute approximate surface area is 164 Å². The van der Waals surface area contributed by atoms with Crippen LogP contribution in [0.15, 0.2) is 48.5 Å². The second-order valence-corrected chi connectivity index (χ2v) is 7.19. The van der Waals surface area contributed by atoms with Gasteiger partial charge in [-0.1, -0.05) is 12.1 Å². The molecular weight excluding hydrogens is 361 g/mol. The third kappa shape index (κ3) is 4.51. The van der Waals surface area contributed by atoms with Crippen molar-refractivity contribution in [2.24, 2.45) is 0 Å². The van der Waals surface area contributed by atoms with Crippen LogP contribution in [0.4, 0.5) is 4.39 Å². The highest BCUT2D eigenvalue weighted by Gasteiger charge is 2.40. The van der Waals surface area contributed by atoms with E-state index in [1.54, 1.807) is 12.1 Å². The first-order valence-corrected chi connectivity index (χ1v) is 9.70. The first-order chi connectivity index (χ1) is 13.6. The van der Waals surface area contributed by atoms with Gasteiger partial charge >= 0.3 is 0 Å². The van der Waals surface area contributed by atoms with E-state index in [1.165, 1.54) is 12.1 Å². The Kier molecular flexibility index (Phi) is 5.59. The summed E-state index contributed by atoms with van der Waals surface area (Å²) in [6.07, 6.45) is 2.57. The number of carbonyl (C=O) groups excluding carboxylic acids is 1. The molecule has 148 valence electrons. The minimum atomic E-state index is -0.456. The van der Waals surface area contributed by atoms with E-state index in [9.17, 15) is 9.18 Å². The minimum absolute atomic E-state index is 0.151. The van der Waals surface area contributed by atoms with Crippen LogP contribution in [-0.4, -0.2) is 42.9 Å². The van der Waals surface area contributed by atoms with Crippen LogP contribution in [0.1, 0.15) is 24.8 Å². The van der Waals surface area contributed by atoms with Crippen molar-refractivity contribution in [3.8, 4) is 11.5 Å². The molecule has 4 rings (SSSR count). The largest absolute Gasteiger partial charge is 0.457 e. The Balaban J connectivity index is 1.28. The maximum Gasteiger partial charge on any atom is 0.222 e. The van der Waals surface area contributed by atoms with E-state index in [0.717, 1.165) is 18.4 Å². The Bertz CT molecular complexity index is 808. The van der Waals surface area contributed by atoms with Crippen LogP contribution in [0, 0.1) is 5.82 Å². The molecule has 0 radical (unpaired) electrons. The van der Waals surface area contributed by atoms with Crippen LogP contribution in [0.5, 0.6) is 11.5 Å². The lowest BCUT2D eigenvalue weighted by Crippen LogP contribution is -2.47. The van der Waals surface area contributed by atoms with Crippen LogP contribution in [0.3, 0.4) is 0 Å². The van der Waals surface area contributed by atoms with Gasteiger partial charge in [-0.2, -0.15) is 0 Å². The Morgan fingerprint density at radius 1 is 1.04 bits per heavy atom. The van der Waals surface area contributed by atoms with E-state index in [2.05, 4.69) is 0 Å². The van der Waals surface area contributed by atoms with Crippen molar-refractivity contribution >= 4 is 5.91 Å². The summed E-state index contributed by atoms with van der Waals surface area (Å²) in [6.45, 7) is 2.63. The molecule has 1 amide bonds. The van der Waals surface area contributed by atoms with Crippen molar-refractivity contribution in [1.29, 1.82) is 0 Å². The number of likely N-dealkylation sites (tertiary alicyclic amines) is 1. The molecule has 2 aromatic rings. The second kappa shape index (κ2) is 8.29. The molecule has 2 fully saturated rings. The molecule has 0 saturated carbocycles. The summed E-state index contributed by atoms with van der Waals surface area (Å²) in [5, 5.41) is 0. The molecule has 1 spiro atoms. The van der Waals surface area contributed by atoms with Gasteiger partial charge < -0.3 is 19.1 Å². The van der Waals surface area contributed by atoms with Crippen molar-refractivity contribution in [1.82, 2.24) is 4.90 Å². The molecule has 0 aromatic heterocycles. The van der Waals surface area contributed by atoms with E-state index in [0.29, 0.717) is 50.6 Å². The Hall–Kier alpha value is -2.44. The summed E-state index contributed by atoms with van der Waals surface area (Å²) < 4.78 is 30.2. The zero-order chi connectivity index (χ0) is 19.4. The van der Waals surface area contributed by atoms with E-state index < -0.39 is 5.79 Å². The van der Waals surface area contributed by atoms with Crippen molar-refractivity contribution in [2.75, 3.05) is 26.3 Å². The first kappa shape index (κ1) is 18.9. The molecule has 6 heteroatoms. The molecule has 2 aliphatic heterocycles. The van der Waals surface area contributed by atoms with E-state index in [4.69, 9.17) is 14.2 Å². The monoisotopic (exact) mass is 385 g/mol. The molecule has 2 saturated heterocycles. The Morgan fingerprint density at radius 2 is 1.75 bits per heavy atom. The highest BCUT2D eigenvalue weighted by Crippen LogP contribution is 2.31. The van der Waals surface area contributed by atoms with Gasteiger partial charge in [0.2, 0.25) is 5.91 Å². The Morgan fingerprint density at radius 3 is 2.46 bits per heavy atom. The fourth-order valence-electron chi connectivity index (χ4n) is 3.70. The number of amides is 1. The fraction of sp³-hybridized carbons (Fsp3) is 0.409. The quantitative estimate of drug-likeness (QED) is 0.783. The number of hydrogen-bond donors (Lipinski definition) is 0. The van der Waals surface area contributed by atoms with Crippen molar-refractivity contribution < 1.29 is 23.4 Å². The molecule has 5 nitrogen and oxygen atoms in total. The molecule has 0 aliphatic carbocycles. The fourth-order valence-corrected chi connectivity index (χ4v) is 3.70. The van der Waals surface area contributed by atoms with Gasteiger partial charge in [-0.15, -0.1) is 0 Å². The van der Waals surface area contributed by atoms with Gasteiger partial charge in [-0.05, 0) is 48.4 Å². The number of ether oxygens (including phenoxy) is 3. The van der Waals surface area contributed by atoms with Crippen LogP contribution < -0.4 is 4.74 Å². The molecule has 0 N–H and O–H groups in total. The highest BCUT2D eigenvalue weighted by atomic mass is 19.1. The zero-order valence-corrected chi connectivity index (χ0v) is 15.7. The lowest BCUT2D eigenvalue weighted by Gasteiger charge is -2.37. The maximum atomic E-state index is 13.0. The zero-order valence-electron chi connectivity index (χ0n) is 15.7.